The maximum atomic E-state index is 12.7. The molecule has 1 atom stereocenters. The topological polar surface area (TPSA) is 47.6 Å². The van der Waals surface area contributed by atoms with Crippen LogP contribution in [0.2, 0.25) is 0 Å². The van der Waals surface area contributed by atoms with Crippen molar-refractivity contribution in [1.82, 2.24) is 5.32 Å². The molecule has 0 fully saturated rings. The van der Waals surface area contributed by atoms with E-state index in [1.54, 1.807) is 6.07 Å². The number of methoxy groups -OCH3 is 1. The molecule has 0 aliphatic carbocycles. The zero-order chi connectivity index (χ0) is 19.1. The van der Waals surface area contributed by atoms with E-state index in [0.29, 0.717) is 6.42 Å². The monoisotopic (exact) mass is 427 g/mol. The number of halogens is 3. The van der Waals surface area contributed by atoms with Gasteiger partial charge in [0.1, 0.15) is 0 Å². The number of aryl methyl sites for hydroxylation is 1. The van der Waals surface area contributed by atoms with Crippen LogP contribution in [0.25, 0.3) is 0 Å². The minimum Gasteiger partial charge on any atom is -0.493 e. The summed E-state index contributed by atoms with van der Waals surface area (Å²) in [5.41, 5.74) is 1.16. The first kappa shape index (κ1) is 20.2. The van der Waals surface area contributed by atoms with E-state index in [2.05, 4.69) is 26.0 Å². The Morgan fingerprint density at radius 1 is 1.19 bits per heavy atom. The highest BCUT2D eigenvalue weighted by atomic mass is 79.9. The Balaban J connectivity index is 2.03. The summed E-state index contributed by atoms with van der Waals surface area (Å²) in [4.78, 5) is 12.5. The Morgan fingerprint density at radius 2 is 1.88 bits per heavy atom. The second-order valence-corrected chi connectivity index (χ2v) is 6.67. The lowest BCUT2D eigenvalue weighted by atomic mass is 10.1. The second-order valence-electron chi connectivity index (χ2n) is 5.76. The van der Waals surface area contributed by atoms with Crippen LogP contribution in [0.5, 0.6) is 11.5 Å². The van der Waals surface area contributed by atoms with Crippen LogP contribution in [0, 0.1) is 0 Å². The molecule has 1 amide bonds. The average Bonchev–Trinajstić information content (AvgIpc) is 2.60. The first-order valence-corrected chi connectivity index (χ1v) is 8.87. The van der Waals surface area contributed by atoms with Crippen molar-refractivity contribution in [3.8, 4) is 11.5 Å². The summed E-state index contributed by atoms with van der Waals surface area (Å²) in [7, 11) is 1.33. The van der Waals surface area contributed by atoms with Crippen molar-refractivity contribution in [2.45, 2.75) is 32.4 Å². The summed E-state index contributed by atoms with van der Waals surface area (Å²) in [5.74, 6) is -0.661. The number of rotatable bonds is 8. The van der Waals surface area contributed by atoms with Gasteiger partial charge in [0.05, 0.1) is 12.7 Å². The van der Waals surface area contributed by atoms with Gasteiger partial charge in [0.2, 0.25) is 0 Å². The Bertz CT molecular complexity index is 738. The lowest BCUT2D eigenvalue weighted by Gasteiger charge is -2.17. The van der Waals surface area contributed by atoms with E-state index in [0.717, 1.165) is 16.5 Å². The number of carbonyl (C=O) groups excluding carboxylic acids is 1. The largest absolute Gasteiger partial charge is 0.493 e. The number of ether oxygens (including phenoxy) is 2. The van der Waals surface area contributed by atoms with Gasteiger partial charge in [0.25, 0.3) is 5.91 Å². The molecular weight excluding hydrogens is 408 g/mol. The first-order chi connectivity index (χ1) is 12.4. The molecule has 0 aromatic heterocycles. The SMILES string of the molecule is COc1cccc(C(=O)NC(C)CCc2ccc(Br)cc2)c1OC(F)F. The molecule has 140 valence electrons. The Morgan fingerprint density at radius 3 is 2.50 bits per heavy atom. The van der Waals surface area contributed by atoms with Gasteiger partial charge >= 0.3 is 6.61 Å². The van der Waals surface area contributed by atoms with E-state index in [4.69, 9.17) is 4.74 Å². The van der Waals surface area contributed by atoms with Crippen molar-refractivity contribution in [1.29, 1.82) is 0 Å². The Hall–Kier alpha value is -2.15. The number of hydrogen-bond acceptors (Lipinski definition) is 3. The number of benzene rings is 2. The third kappa shape index (κ3) is 5.69. The summed E-state index contributed by atoms with van der Waals surface area (Å²) in [5, 5.41) is 2.81. The van der Waals surface area contributed by atoms with Crippen LogP contribution in [-0.2, 0) is 6.42 Å². The minimum atomic E-state index is -3.05. The maximum Gasteiger partial charge on any atom is 0.387 e. The number of para-hydroxylation sites is 1. The Labute approximate surface area is 159 Å². The van der Waals surface area contributed by atoms with Crippen molar-refractivity contribution < 1.29 is 23.0 Å². The molecule has 4 nitrogen and oxygen atoms in total. The molecule has 7 heteroatoms. The van der Waals surface area contributed by atoms with Crippen LogP contribution < -0.4 is 14.8 Å². The van der Waals surface area contributed by atoms with E-state index in [1.807, 2.05) is 31.2 Å². The van der Waals surface area contributed by atoms with E-state index in [1.165, 1.54) is 19.2 Å². The molecule has 0 heterocycles. The maximum absolute atomic E-state index is 12.7. The molecule has 2 aromatic carbocycles. The van der Waals surface area contributed by atoms with Gasteiger partial charge in [0, 0.05) is 10.5 Å². The predicted molar refractivity (Wildman–Crippen MR) is 99.0 cm³/mol. The molecule has 0 bridgehead atoms. The fourth-order valence-corrected chi connectivity index (χ4v) is 2.74. The summed E-state index contributed by atoms with van der Waals surface area (Å²) in [6, 6.07) is 12.2. The van der Waals surface area contributed by atoms with Crippen LogP contribution in [-0.4, -0.2) is 25.7 Å². The molecule has 0 spiro atoms. The van der Waals surface area contributed by atoms with Gasteiger partial charge in [-0.2, -0.15) is 8.78 Å². The van der Waals surface area contributed by atoms with E-state index < -0.39 is 12.5 Å². The minimum absolute atomic E-state index is 0.0140. The predicted octanol–water partition coefficient (Wildman–Crippen LogP) is 4.81. The zero-order valence-corrected chi connectivity index (χ0v) is 16.1. The number of carbonyl (C=O) groups is 1. The first-order valence-electron chi connectivity index (χ1n) is 8.07. The van der Waals surface area contributed by atoms with Gasteiger partial charge < -0.3 is 14.8 Å². The van der Waals surface area contributed by atoms with Crippen molar-refractivity contribution in [2.75, 3.05) is 7.11 Å². The van der Waals surface area contributed by atoms with Crippen molar-refractivity contribution in [2.24, 2.45) is 0 Å². The third-order valence-corrected chi connectivity index (χ3v) is 4.34. The fraction of sp³-hybridized carbons (Fsp3) is 0.316. The molecule has 2 aromatic rings. The fourth-order valence-electron chi connectivity index (χ4n) is 2.47. The van der Waals surface area contributed by atoms with E-state index in [-0.39, 0.29) is 23.1 Å². The van der Waals surface area contributed by atoms with Gasteiger partial charge in [-0.15, -0.1) is 0 Å². The highest BCUT2D eigenvalue weighted by Crippen LogP contribution is 2.32. The second kappa shape index (κ2) is 9.52. The summed E-state index contributed by atoms with van der Waals surface area (Å²) in [6.45, 7) is -1.18. The number of hydrogen-bond donors (Lipinski definition) is 1. The molecule has 0 aliphatic heterocycles. The number of nitrogens with one attached hydrogen (secondary N) is 1. The van der Waals surface area contributed by atoms with E-state index >= 15 is 0 Å². The quantitative estimate of drug-likeness (QED) is 0.657. The van der Waals surface area contributed by atoms with Crippen LogP contribution in [0.15, 0.2) is 46.9 Å². The van der Waals surface area contributed by atoms with Gasteiger partial charge in [-0.25, -0.2) is 0 Å². The number of amides is 1. The molecule has 0 aliphatic rings. The molecular formula is C19H20BrF2NO3. The molecule has 1 unspecified atom stereocenters. The lowest BCUT2D eigenvalue weighted by molar-refractivity contribution is -0.0515. The van der Waals surface area contributed by atoms with Crippen molar-refractivity contribution >= 4 is 21.8 Å². The van der Waals surface area contributed by atoms with Crippen molar-refractivity contribution in [3.05, 3.63) is 58.1 Å². The normalized spacial score (nSPS) is 11.9. The summed E-state index contributed by atoms with van der Waals surface area (Å²) >= 11 is 3.39. The molecule has 0 saturated carbocycles. The van der Waals surface area contributed by atoms with Gasteiger partial charge in [-0.3, -0.25) is 4.79 Å². The number of alkyl halides is 2. The average molecular weight is 428 g/mol. The molecule has 2 rings (SSSR count). The molecule has 0 saturated heterocycles. The van der Waals surface area contributed by atoms with Crippen LogP contribution in [0.4, 0.5) is 8.78 Å². The highest BCUT2D eigenvalue weighted by molar-refractivity contribution is 9.10. The van der Waals surface area contributed by atoms with Crippen LogP contribution in [0.3, 0.4) is 0 Å². The Kier molecular flexibility index (Phi) is 7.38. The smallest absolute Gasteiger partial charge is 0.387 e. The van der Waals surface area contributed by atoms with Crippen LogP contribution in [0.1, 0.15) is 29.3 Å². The van der Waals surface area contributed by atoms with Gasteiger partial charge in [-0.1, -0.05) is 34.1 Å². The highest BCUT2D eigenvalue weighted by Gasteiger charge is 2.21. The lowest BCUT2D eigenvalue weighted by Crippen LogP contribution is -2.33. The summed E-state index contributed by atoms with van der Waals surface area (Å²) < 4.78 is 35.8. The molecule has 0 radical (unpaired) electrons. The summed E-state index contributed by atoms with van der Waals surface area (Å²) in [6.07, 6.45) is 1.50. The van der Waals surface area contributed by atoms with Gasteiger partial charge in [-0.05, 0) is 49.6 Å². The third-order valence-electron chi connectivity index (χ3n) is 3.81. The van der Waals surface area contributed by atoms with E-state index in [9.17, 15) is 13.6 Å². The van der Waals surface area contributed by atoms with Crippen molar-refractivity contribution in [3.63, 3.8) is 0 Å². The standard InChI is InChI=1S/C19H20BrF2NO3/c1-12(6-7-13-8-10-14(20)11-9-13)23-18(24)15-4-3-5-16(25-2)17(15)26-19(21)22/h3-5,8-12,19H,6-7H2,1-2H3,(H,23,24). The molecule has 1 N–H and O–H groups in total. The van der Waals surface area contributed by atoms with Crippen LogP contribution >= 0.6 is 15.9 Å². The van der Waals surface area contributed by atoms with Gasteiger partial charge in [0.15, 0.2) is 11.5 Å². The molecule has 26 heavy (non-hydrogen) atoms. The zero-order valence-electron chi connectivity index (χ0n) is 14.5.